The molecule has 7 nitrogen and oxygen atoms in total. The number of likely N-dealkylation sites (tertiary alicyclic amines) is 1. The summed E-state index contributed by atoms with van der Waals surface area (Å²) < 4.78 is 13.3. The van der Waals surface area contributed by atoms with Gasteiger partial charge in [0.25, 0.3) is 5.91 Å². The van der Waals surface area contributed by atoms with Crippen molar-refractivity contribution >= 4 is 5.91 Å². The molecule has 1 amide bonds. The van der Waals surface area contributed by atoms with Crippen molar-refractivity contribution in [1.29, 1.82) is 0 Å². The van der Waals surface area contributed by atoms with Gasteiger partial charge in [-0.1, -0.05) is 0 Å². The van der Waals surface area contributed by atoms with E-state index in [4.69, 9.17) is 9.15 Å². The molecule has 0 atom stereocenters. The van der Waals surface area contributed by atoms with E-state index in [9.17, 15) is 4.79 Å². The van der Waals surface area contributed by atoms with E-state index in [-0.39, 0.29) is 11.9 Å². The molecule has 0 N–H and O–H groups in total. The molecule has 2 aromatic rings. The fourth-order valence-electron chi connectivity index (χ4n) is 3.98. The Morgan fingerprint density at radius 2 is 2.04 bits per heavy atom. The van der Waals surface area contributed by atoms with Crippen LogP contribution in [0.3, 0.4) is 0 Å². The number of hydrogen-bond donors (Lipinski definition) is 0. The molecule has 7 heteroatoms. The van der Waals surface area contributed by atoms with Gasteiger partial charge >= 0.3 is 0 Å². The zero-order valence-corrected chi connectivity index (χ0v) is 15.8. The lowest BCUT2D eigenvalue weighted by Gasteiger charge is -2.34. The third-order valence-corrected chi connectivity index (χ3v) is 5.52. The van der Waals surface area contributed by atoms with Crippen molar-refractivity contribution in [2.24, 2.45) is 0 Å². The molecular formula is C20H28N4O3. The van der Waals surface area contributed by atoms with Gasteiger partial charge in [-0.25, -0.2) is 4.98 Å². The quantitative estimate of drug-likeness (QED) is 0.746. The molecule has 4 heterocycles. The maximum absolute atomic E-state index is 13.2. The van der Waals surface area contributed by atoms with Crippen LogP contribution in [0.1, 0.15) is 42.0 Å². The van der Waals surface area contributed by atoms with Crippen molar-refractivity contribution in [1.82, 2.24) is 19.4 Å². The first-order valence-corrected chi connectivity index (χ1v) is 9.95. The Morgan fingerprint density at radius 1 is 1.22 bits per heavy atom. The fourth-order valence-corrected chi connectivity index (χ4v) is 3.98. The average Bonchev–Trinajstić information content (AvgIpc) is 3.46. The van der Waals surface area contributed by atoms with E-state index in [1.807, 2.05) is 21.7 Å². The third kappa shape index (κ3) is 4.59. The minimum Gasteiger partial charge on any atom is -0.454 e. The van der Waals surface area contributed by atoms with Gasteiger partial charge in [-0.3, -0.25) is 4.79 Å². The molecule has 0 bridgehead atoms. The lowest BCUT2D eigenvalue weighted by molar-refractivity contribution is 0.0252. The monoisotopic (exact) mass is 372 g/mol. The number of nitrogens with zero attached hydrogens (tertiary/aromatic N) is 4. The van der Waals surface area contributed by atoms with E-state index in [2.05, 4.69) is 9.88 Å². The molecule has 0 spiro atoms. The highest BCUT2D eigenvalue weighted by Gasteiger charge is 2.29. The van der Waals surface area contributed by atoms with Crippen LogP contribution in [0.25, 0.3) is 0 Å². The lowest BCUT2D eigenvalue weighted by atomic mass is 10.1. The number of carbonyl (C=O) groups is 1. The number of imidazole rings is 1. The summed E-state index contributed by atoms with van der Waals surface area (Å²) in [6.45, 7) is 6.01. The van der Waals surface area contributed by atoms with Crippen LogP contribution >= 0.6 is 0 Å². The molecule has 0 radical (unpaired) electrons. The first-order valence-electron chi connectivity index (χ1n) is 9.95. The topological polar surface area (TPSA) is 63.7 Å². The highest BCUT2D eigenvalue weighted by Crippen LogP contribution is 2.20. The van der Waals surface area contributed by atoms with Crippen molar-refractivity contribution in [2.75, 3.05) is 39.4 Å². The van der Waals surface area contributed by atoms with E-state index in [1.54, 1.807) is 18.6 Å². The number of rotatable bonds is 7. The molecule has 2 saturated heterocycles. The van der Waals surface area contributed by atoms with Crippen molar-refractivity contribution in [3.63, 3.8) is 0 Å². The maximum atomic E-state index is 13.2. The minimum absolute atomic E-state index is 0.00187. The van der Waals surface area contributed by atoms with Gasteiger partial charge in [0.15, 0.2) is 5.76 Å². The molecule has 0 aliphatic carbocycles. The second-order valence-electron chi connectivity index (χ2n) is 7.39. The van der Waals surface area contributed by atoms with Crippen LogP contribution in [0.4, 0.5) is 0 Å². The minimum atomic E-state index is -0.00187. The first-order chi connectivity index (χ1) is 13.3. The molecule has 2 aromatic heterocycles. The molecular weight excluding hydrogens is 344 g/mol. The molecule has 2 aliphatic heterocycles. The second kappa shape index (κ2) is 8.71. The zero-order valence-electron chi connectivity index (χ0n) is 15.8. The smallest absolute Gasteiger partial charge is 0.289 e. The molecule has 146 valence electrons. The fraction of sp³-hybridized carbons (Fsp3) is 0.600. The molecule has 0 aromatic carbocycles. The van der Waals surface area contributed by atoms with Gasteiger partial charge in [-0.15, -0.1) is 0 Å². The van der Waals surface area contributed by atoms with E-state index in [0.29, 0.717) is 12.3 Å². The van der Waals surface area contributed by atoms with E-state index in [0.717, 1.165) is 58.0 Å². The van der Waals surface area contributed by atoms with Crippen LogP contribution in [0, 0.1) is 0 Å². The van der Waals surface area contributed by atoms with Gasteiger partial charge < -0.3 is 23.5 Å². The summed E-state index contributed by atoms with van der Waals surface area (Å²) >= 11 is 0. The standard InChI is InChI=1S/C20H28N4O3/c25-20(19-4-3-18(27-19)15-23-10-7-21-16-23)24(17-5-13-26-14-6-17)12-11-22-8-1-2-9-22/h3-4,7,10,16-17H,1-2,5-6,8-9,11-15H2. The predicted molar refractivity (Wildman–Crippen MR) is 101 cm³/mol. The third-order valence-electron chi connectivity index (χ3n) is 5.52. The van der Waals surface area contributed by atoms with Crippen molar-refractivity contribution in [3.8, 4) is 0 Å². The normalized spacial score (nSPS) is 18.8. The van der Waals surface area contributed by atoms with Gasteiger partial charge in [0, 0.05) is 44.7 Å². The number of ether oxygens (including phenoxy) is 1. The number of carbonyl (C=O) groups excluding carboxylic acids is 1. The van der Waals surface area contributed by atoms with Crippen LogP contribution in [-0.4, -0.2) is 70.7 Å². The summed E-state index contributed by atoms with van der Waals surface area (Å²) in [5.41, 5.74) is 0. The van der Waals surface area contributed by atoms with Crippen LogP contribution < -0.4 is 0 Å². The Hall–Kier alpha value is -2.12. The van der Waals surface area contributed by atoms with Gasteiger partial charge in [-0.2, -0.15) is 0 Å². The summed E-state index contributed by atoms with van der Waals surface area (Å²) in [6.07, 6.45) is 9.69. The molecule has 0 unspecified atom stereocenters. The Bertz CT molecular complexity index is 715. The Morgan fingerprint density at radius 3 is 2.78 bits per heavy atom. The van der Waals surface area contributed by atoms with E-state index >= 15 is 0 Å². The largest absolute Gasteiger partial charge is 0.454 e. The zero-order chi connectivity index (χ0) is 18.5. The average molecular weight is 372 g/mol. The van der Waals surface area contributed by atoms with Gasteiger partial charge in [0.1, 0.15) is 5.76 Å². The summed E-state index contributed by atoms with van der Waals surface area (Å²) in [7, 11) is 0. The first kappa shape index (κ1) is 18.3. The Kier molecular flexibility index (Phi) is 5.89. The SMILES string of the molecule is O=C(c1ccc(Cn2ccnc2)o1)N(CCN1CCCC1)C1CCOCC1. The van der Waals surface area contributed by atoms with Crippen molar-refractivity contribution in [3.05, 3.63) is 42.4 Å². The highest BCUT2D eigenvalue weighted by molar-refractivity contribution is 5.91. The summed E-state index contributed by atoms with van der Waals surface area (Å²) in [4.78, 5) is 21.7. The predicted octanol–water partition coefficient (Wildman–Crippen LogP) is 2.24. The van der Waals surface area contributed by atoms with Crippen LogP contribution in [0.5, 0.6) is 0 Å². The maximum Gasteiger partial charge on any atom is 0.289 e. The van der Waals surface area contributed by atoms with Crippen molar-refractivity contribution in [2.45, 2.75) is 38.3 Å². The molecule has 0 saturated carbocycles. The molecule has 4 rings (SSSR count). The summed E-state index contributed by atoms with van der Waals surface area (Å²) in [6, 6.07) is 3.92. The Labute approximate surface area is 159 Å². The highest BCUT2D eigenvalue weighted by atomic mass is 16.5. The summed E-state index contributed by atoms with van der Waals surface area (Å²) in [5, 5.41) is 0. The number of hydrogen-bond acceptors (Lipinski definition) is 5. The van der Waals surface area contributed by atoms with E-state index in [1.165, 1.54) is 12.8 Å². The Balaban J connectivity index is 1.44. The van der Waals surface area contributed by atoms with Gasteiger partial charge in [0.2, 0.25) is 0 Å². The molecule has 2 aliphatic rings. The van der Waals surface area contributed by atoms with Crippen molar-refractivity contribution < 1.29 is 13.9 Å². The number of aromatic nitrogens is 2. The lowest BCUT2D eigenvalue weighted by Crippen LogP contribution is -2.46. The molecule has 27 heavy (non-hydrogen) atoms. The summed E-state index contributed by atoms with van der Waals surface area (Å²) in [5.74, 6) is 1.19. The van der Waals surface area contributed by atoms with Crippen LogP contribution in [0.2, 0.25) is 0 Å². The van der Waals surface area contributed by atoms with Gasteiger partial charge in [-0.05, 0) is 50.9 Å². The van der Waals surface area contributed by atoms with Gasteiger partial charge in [0.05, 0.1) is 12.9 Å². The molecule has 2 fully saturated rings. The van der Waals surface area contributed by atoms with Crippen LogP contribution in [0.15, 0.2) is 35.3 Å². The number of furan rings is 1. The number of amides is 1. The second-order valence-corrected chi connectivity index (χ2v) is 7.39. The van der Waals surface area contributed by atoms with Crippen LogP contribution in [-0.2, 0) is 11.3 Å². The van der Waals surface area contributed by atoms with E-state index < -0.39 is 0 Å².